The van der Waals surface area contributed by atoms with Gasteiger partial charge in [-0.25, -0.2) is 0 Å². The van der Waals surface area contributed by atoms with Crippen LogP contribution in [0.25, 0.3) is 0 Å². The summed E-state index contributed by atoms with van der Waals surface area (Å²) < 4.78 is 0. The van der Waals surface area contributed by atoms with E-state index in [0.29, 0.717) is 0 Å². The zero-order chi connectivity index (χ0) is 10.0. The van der Waals surface area contributed by atoms with E-state index in [1.165, 1.54) is 5.56 Å². The van der Waals surface area contributed by atoms with Gasteiger partial charge in [0.2, 0.25) is 0 Å². The van der Waals surface area contributed by atoms with E-state index in [2.05, 4.69) is 5.16 Å². The monoisotopic (exact) mass is 197 g/mol. The van der Waals surface area contributed by atoms with Gasteiger partial charge in [-0.3, -0.25) is 0 Å². The van der Waals surface area contributed by atoms with Crippen molar-refractivity contribution in [2.45, 2.75) is 20.8 Å². The van der Waals surface area contributed by atoms with Crippen LogP contribution >= 0.6 is 11.6 Å². The molecule has 1 rings (SSSR count). The van der Waals surface area contributed by atoms with Gasteiger partial charge in [0.15, 0.2) is 5.17 Å². The smallest absolute Gasteiger partial charge is 0.175 e. The molecule has 0 aliphatic carbocycles. The van der Waals surface area contributed by atoms with E-state index in [9.17, 15) is 0 Å². The van der Waals surface area contributed by atoms with Crippen molar-refractivity contribution in [1.82, 2.24) is 0 Å². The summed E-state index contributed by atoms with van der Waals surface area (Å²) in [5.41, 5.74) is 4.05. The van der Waals surface area contributed by atoms with Crippen molar-refractivity contribution < 1.29 is 5.21 Å². The van der Waals surface area contributed by atoms with Crippen molar-refractivity contribution >= 4 is 16.8 Å². The number of benzene rings is 1. The lowest BCUT2D eigenvalue weighted by atomic mass is 10.0. The number of oxime groups is 1. The first-order valence-corrected chi connectivity index (χ1v) is 4.40. The van der Waals surface area contributed by atoms with Gasteiger partial charge in [0.1, 0.15) is 0 Å². The van der Waals surface area contributed by atoms with Gasteiger partial charge in [-0.1, -0.05) is 34.5 Å². The van der Waals surface area contributed by atoms with Crippen LogP contribution in [0.4, 0.5) is 0 Å². The molecule has 0 bridgehead atoms. The lowest BCUT2D eigenvalue weighted by Gasteiger charge is -2.07. The fraction of sp³-hybridized carbons (Fsp3) is 0.300. The van der Waals surface area contributed by atoms with Crippen LogP contribution in [0.2, 0.25) is 0 Å². The fourth-order valence-corrected chi connectivity index (χ4v) is 1.85. The van der Waals surface area contributed by atoms with Crippen molar-refractivity contribution in [3.05, 3.63) is 34.4 Å². The Morgan fingerprint density at radius 1 is 1.23 bits per heavy atom. The first-order chi connectivity index (χ1) is 6.06. The topological polar surface area (TPSA) is 32.6 Å². The average molecular weight is 198 g/mol. The van der Waals surface area contributed by atoms with E-state index in [1.54, 1.807) is 0 Å². The molecule has 3 heteroatoms. The minimum atomic E-state index is 0.148. The highest BCUT2D eigenvalue weighted by Gasteiger charge is 2.08. The SMILES string of the molecule is Cc1cc(C)c(C(Cl)=NO)c(C)c1. The molecule has 0 aromatic heterocycles. The third-order valence-corrected chi connectivity index (χ3v) is 2.24. The minimum Gasteiger partial charge on any atom is -0.410 e. The number of rotatable bonds is 1. The number of nitrogens with zero attached hydrogens (tertiary/aromatic N) is 1. The van der Waals surface area contributed by atoms with Crippen LogP contribution in [0.1, 0.15) is 22.3 Å². The molecule has 70 valence electrons. The standard InChI is InChI=1S/C10H12ClNO/c1-6-4-7(2)9(8(3)5-6)10(11)12-13/h4-5,13H,1-3H3. The molecule has 0 saturated carbocycles. The molecular formula is C10H12ClNO. The Labute approximate surface area is 82.8 Å². The first kappa shape index (κ1) is 10.1. The summed E-state index contributed by atoms with van der Waals surface area (Å²) in [4.78, 5) is 0. The van der Waals surface area contributed by atoms with Gasteiger partial charge < -0.3 is 5.21 Å². The van der Waals surface area contributed by atoms with E-state index < -0.39 is 0 Å². The first-order valence-electron chi connectivity index (χ1n) is 4.02. The predicted octanol–water partition coefficient (Wildman–Crippen LogP) is 2.99. The second kappa shape index (κ2) is 3.79. The molecule has 0 spiro atoms. The highest BCUT2D eigenvalue weighted by Crippen LogP contribution is 2.18. The van der Waals surface area contributed by atoms with Gasteiger partial charge >= 0.3 is 0 Å². The molecule has 0 saturated heterocycles. The van der Waals surface area contributed by atoms with Crippen LogP contribution in [0.3, 0.4) is 0 Å². The molecular weight excluding hydrogens is 186 g/mol. The van der Waals surface area contributed by atoms with Crippen LogP contribution in [0, 0.1) is 20.8 Å². The Bertz CT molecular complexity index is 335. The summed E-state index contributed by atoms with van der Waals surface area (Å²) in [7, 11) is 0. The normalized spacial score (nSPS) is 11.8. The molecule has 0 unspecified atom stereocenters. The van der Waals surface area contributed by atoms with Gasteiger partial charge in [0.05, 0.1) is 0 Å². The molecule has 0 atom stereocenters. The second-order valence-corrected chi connectivity index (χ2v) is 3.52. The summed E-state index contributed by atoms with van der Waals surface area (Å²) in [6, 6.07) is 4.02. The Hall–Kier alpha value is -1.02. The predicted molar refractivity (Wildman–Crippen MR) is 54.8 cm³/mol. The third-order valence-electron chi connectivity index (χ3n) is 1.97. The van der Waals surface area contributed by atoms with E-state index in [0.717, 1.165) is 16.7 Å². The van der Waals surface area contributed by atoms with Crippen LogP contribution in [-0.4, -0.2) is 10.4 Å². The van der Waals surface area contributed by atoms with Crippen molar-refractivity contribution in [3.8, 4) is 0 Å². The molecule has 13 heavy (non-hydrogen) atoms. The van der Waals surface area contributed by atoms with Crippen LogP contribution in [0.5, 0.6) is 0 Å². The van der Waals surface area contributed by atoms with Crippen molar-refractivity contribution in [2.75, 3.05) is 0 Å². The molecule has 1 N–H and O–H groups in total. The summed E-state index contributed by atoms with van der Waals surface area (Å²) in [6.45, 7) is 5.92. The molecule has 1 aromatic rings. The fourth-order valence-electron chi connectivity index (χ4n) is 1.56. The quantitative estimate of drug-likeness (QED) is 0.419. The minimum absolute atomic E-state index is 0.148. The van der Waals surface area contributed by atoms with Crippen molar-refractivity contribution in [2.24, 2.45) is 5.16 Å². The van der Waals surface area contributed by atoms with Crippen LogP contribution in [-0.2, 0) is 0 Å². The lowest BCUT2D eigenvalue weighted by Crippen LogP contribution is -1.99. The van der Waals surface area contributed by atoms with Gasteiger partial charge in [0, 0.05) is 5.56 Å². The molecule has 2 nitrogen and oxygen atoms in total. The van der Waals surface area contributed by atoms with E-state index in [4.69, 9.17) is 16.8 Å². The van der Waals surface area contributed by atoms with Gasteiger partial charge in [-0.2, -0.15) is 0 Å². The van der Waals surface area contributed by atoms with Gasteiger partial charge in [0.25, 0.3) is 0 Å². The van der Waals surface area contributed by atoms with Gasteiger partial charge in [-0.05, 0) is 31.9 Å². The van der Waals surface area contributed by atoms with Crippen LogP contribution < -0.4 is 0 Å². The van der Waals surface area contributed by atoms with E-state index in [1.807, 2.05) is 32.9 Å². The number of hydrogen-bond acceptors (Lipinski definition) is 2. The molecule has 0 amide bonds. The molecule has 0 aliphatic rings. The summed E-state index contributed by atoms with van der Waals surface area (Å²) in [6.07, 6.45) is 0. The highest BCUT2D eigenvalue weighted by molar-refractivity contribution is 6.69. The second-order valence-electron chi connectivity index (χ2n) is 3.16. The Balaban J connectivity index is 3.37. The Morgan fingerprint density at radius 3 is 2.08 bits per heavy atom. The summed E-state index contributed by atoms with van der Waals surface area (Å²) in [5, 5.41) is 11.7. The maximum atomic E-state index is 8.56. The molecule has 0 aliphatic heterocycles. The van der Waals surface area contributed by atoms with E-state index >= 15 is 0 Å². The Kier molecular flexibility index (Phi) is 2.94. The van der Waals surface area contributed by atoms with Gasteiger partial charge in [-0.15, -0.1) is 0 Å². The largest absolute Gasteiger partial charge is 0.410 e. The number of halogens is 1. The zero-order valence-electron chi connectivity index (χ0n) is 7.93. The van der Waals surface area contributed by atoms with E-state index in [-0.39, 0.29) is 5.17 Å². The Morgan fingerprint density at radius 2 is 1.69 bits per heavy atom. The molecule has 0 radical (unpaired) electrons. The third kappa shape index (κ3) is 2.01. The maximum absolute atomic E-state index is 8.56. The van der Waals surface area contributed by atoms with Crippen LogP contribution in [0.15, 0.2) is 17.3 Å². The maximum Gasteiger partial charge on any atom is 0.175 e. The molecule has 0 fully saturated rings. The highest BCUT2D eigenvalue weighted by atomic mass is 35.5. The number of aryl methyl sites for hydroxylation is 3. The zero-order valence-corrected chi connectivity index (χ0v) is 8.68. The number of hydrogen-bond donors (Lipinski definition) is 1. The molecule has 1 aromatic carbocycles. The average Bonchev–Trinajstić information content (AvgIpc) is 2.02. The summed E-state index contributed by atoms with van der Waals surface area (Å²) in [5.74, 6) is 0. The lowest BCUT2D eigenvalue weighted by molar-refractivity contribution is 0.321. The van der Waals surface area contributed by atoms with Crippen molar-refractivity contribution in [1.29, 1.82) is 0 Å². The van der Waals surface area contributed by atoms with Crippen molar-refractivity contribution in [3.63, 3.8) is 0 Å². The summed E-state index contributed by atoms with van der Waals surface area (Å²) >= 11 is 5.75. The molecule has 0 heterocycles.